The van der Waals surface area contributed by atoms with Crippen LogP contribution in [-0.2, 0) is 0 Å². The first-order valence-corrected chi connectivity index (χ1v) is 2.99. The molecule has 0 unspecified atom stereocenters. The van der Waals surface area contributed by atoms with Gasteiger partial charge >= 0.3 is 68.9 Å². The molecule has 1 aromatic carbocycles. The second-order valence-corrected chi connectivity index (χ2v) is 2.06. The number of nitrogens with one attached hydrogen (secondary N) is 1. The first-order valence-electron chi connectivity index (χ1n) is 2.99. The molecule has 2 rings (SSSR count). The molecule has 11 heavy (non-hydrogen) atoms. The first-order chi connectivity index (χ1) is 4.47. The fourth-order valence-electron chi connectivity index (χ4n) is 0.995. The summed E-state index contributed by atoms with van der Waals surface area (Å²) in [4.78, 5) is 3.12. The Morgan fingerprint density at radius 3 is 2.45 bits per heavy atom. The molecule has 3 heteroatoms. The minimum absolute atomic E-state index is 0. The van der Waals surface area contributed by atoms with Gasteiger partial charge in [-0.05, 0) is 17.5 Å². The Balaban J connectivity index is 0.000000500. The quantitative estimate of drug-likeness (QED) is 0.653. The Morgan fingerprint density at radius 1 is 1.00 bits per heavy atom. The van der Waals surface area contributed by atoms with Crippen molar-refractivity contribution in [1.82, 2.24) is 4.98 Å². The summed E-state index contributed by atoms with van der Waals surface area (Å²) in [7, 11) is 0. The topological polar surface area (TPSA) is 45.8 Å². The molecule has 0 aliphatic rings. The van der Waals surface area contributed by atoms with Crippen LogP contribution in [0.2, 0.25) is 0 Å². The van der Waals surface area contributed by atoms with E-state index in [0.29, 0.717) is 0 Å². The van der Waals surface area contributed by atoms with Crippen molar-refractivity contribution < 1.29 is 74.4 Å². The van der Waals surface area contributed by atoms with Crippen LogP contribution in [0.4, 0.5) is 0 Å². The predicted molar refractivity (Wildman–Crippen MR) is 40.2 cm³/mol. The number of benzene rings is 1. The molecule has 0 amide bonds. The van der Waals surface area contributed by atoms with Crippen LogP contribution in [0.1, 0.15) is 0 Å². The van der Waals surface area contributed by atoms with Crippen LogP contribution >= 0.6 is 0 Å². The van der Waals surface area contributed by atoms with Gasteiger partial charge in [-0.2, -0.15) is 0 Å². The van der Waals surface area contributed by atoms with Gasteiger partial charge in [0.05, 0.1) is 0 Å². The van der Waals surface area contributed by atoms with Crippen LogP contribution in [0, 0.1) is 0 Å². The Bertz CT molecular complexity index is 288. The number of aromatic nitrogens is 1. The van der Waals surface area contributed by atoms with Gasteiger partial charge in [0.25, 0.3) is 0 Å². The van der Waals surface area contributed by atoms with Crippen LogP contribution in [0.3, 0.4) is 0 Å². The van der Waals surface area contributed by atoms with Crippen LogP contribution < -0.4 is 68.9 Å². The average Bonchev–Trinajstić information content (AvgIpc) is 2.33. The fraction of sp³-hybridized carbons (Fsp3) is 0. The van der Waals surface area contributed by atoms with E-state index in [4.69, 9.17) is 0 Å². The molecule has 0 spiro atoms. The first kappa shape index (κ1) is 11.8. The third-order valence-electron chi connectivity index (χ3n) is 1.46. The number of rotatable bonds is 0. The van der Waals surface area contributed by atoms with Crippen molar-refractivity contribution in [2.24, 2.45) is 0 Å². The van der Waals surface area contributed by atoms with Gasteiger partial charge < -0.3 is 10.5 Å². The summed E-state index contributed by atoms with van der Waals surface area (Å²) >= 11 is 0. The molecule has 2 aromatic rings. The summed E-state index contributed by atoms with van der Waals surface area (Å²) in [6.07, 6.45) is 1.95. The molecule has 0 bridgehead atoms. The zero-order chi connectivity index (χ0) is 6.10. The molecule has 2 N–H and O–H groups in total. The largest absolute Gasteiger partial charge is 1.00 e. The monoisotopic (exact) mass is 267 g/mol. The summed E-state index contributed by atoms with van der Waals surface area (Å²) in [6.45, 7) is 0. The van der Waals surface area contributed by atoms with Crippen molar-refractivity contribution in [3.63, 3.8) is 0 Å². The zero-order valence-electron chi connectivity index (χ0n) is 6.41. The smallest absolute Gasteiger partial charge is 0.870 e. The van der Waals surface area contributed by atoms with E-state index < -0.39 is 0 Å². The third-order valence-corrected chi connectivity index (χ3v) is 1.46. The Kier molecular flexibility index (Phi) is 5.80. The number of para-hydroxylation sites is 1. The van der Waals surface area contributed by atoms with Gasteiger partial charge in [0, 0.05) is 11.7 Å². The van der Waals surface area contributed by atoms with Gasteiger partial charge in [0.2, 0.25) is 0 Å². The molecule has 0 saturated heterocycles. The van der Waals surface area contributed by atoms with Gasteiger partial charge in [0.15, 0.2) is 0 Å². The van der Waals surface area contributed by atoms with Crippen molar-refractivity contribution in [2.75, 3.05) is 0 Å². The number of H-pyrrole nitrogens is 1. The van der Waals surface area contributed by atoms with Gasteiger partial charge in [-0.15, -0.1) is 0 Å². The van der Waals surface area contributed by atoms with E-state index in [9.17, 15) is 0 Å². The van der Waals surface area contributed by atoms with E-state index in [-0.39, 0.29) is 74.4 Å². The molecular weight excluding hydrogens is 259 g/mol. The van der Waals surface area contributed by atoms with E-state index >= 15 is 0 Å². The van der Waals surface area contributed by atoms with Crippen molar-refractivity contribution in [3.8, 4) is 0 Å². The second kappa shape index (κ2) is 5.42. The normalized spacial score (nSPS) is 8.36. The molecule has 0 aliphatic carbocycles. The van der Waals surface area contributed by atoms with E-state index in [0.717, 1.165) is 0 Å². The molecule has 1 heterocycles. The van der Waals surface area contributed by atoms with E-state index in [1.54, 1.807) is 0 Å². The van der Waals surface area contributed by atoms with Crippen molar-refractivity contribution >= 4 is 10.9 Å². The summed E-state index contributed by atoms with van der Waals surface area (Å²) in [6, 6.07) is 10.3. The van der Waals surface area contributed by atoms with Crippen molar-refractivity contribution in [1.29, 1.82) is 0 Å². The summed E-state index contributed by atoms with van der Waals surface area (Å²) in [5, 5.41) is 1.28. The number of aromatic amines is 1. The molecule has 0 fully saturated rings. The van der Waals surface area contributed by atoms with Crippen LogP contribution in [-0.4, -0.2) is 10.5 Å². The minimum atomic E-state index is 0. The van der Waals surface area contributed by atoms with Crippen LogP contribution in [0.5, 0.6) is 0 Å². The maximum Gasteiger partial charge on any atom is 1.00 e. The van der Waals surface area contributed by atoms with E-state index in [1.807, 2.05) is 18.3 Å². The molecule has 1 aromatic heterocycles. The number of fused-ring (bicyclic) bond motifs is 1. The molecule has 0 saturated carbocycles. The maximum atomic E-state index is 3.12. The molecule has 0 radical (unpaired) electrons. The second-order valence-electron chi connectivity index (χ2n) is 2.06. The molecule has 0 atom stereocenters. The molecular formula is C8H8CsNO. The van der Waals surface area contributed by atoms with Crippen molar-refractivity contribution in [3.05, 3.63) is 36.5 Å². The van der Waals surface area contributed by atoms with Gasteiger partial charge in [-0.1, -0.05) is 18.2 Å². The van der Waals surface area contributed by atoms with Crippen molar-refractivity contribution in [2.45, 2.75) is 0 Å². The average molecular weight is 267 g/mol. The Hall–Kier alpha value is 0.772. The number of hydrogen-bond donors (Lipinski definition) is 1. The van der Waals surface area contributed by atoms with E-state index in [1.165, 1.54) is 10.9 Å². The summed E-state index contributed by atoms with van der Waals surface area (Å²) < 4.78 is 0. The van der Waals surface area contributed by atoms with Crippen LogP contribution in [0.25, 0.3) is 10.9 Å². The van der Waals surface area contributed by atoms with Crippen LogP contribution in [0.15, 0.2) is 36.5 Å². The SMILES string of the molecule is [Cs+].[OH-].c1ccc2[nH]ccc2c1. The predicted octanol–water partition coefficient (Wildman–Crippen LogP) is -1.00. The van der Waals surface area contributed by atoms with Gasteiger partial charge in [-0.25, -0.2) is 0 Å². The molecule has 0 aliphatic heterocycles. The Labute approximate surface area is 124 Å². The van der Waals surface area contributed by atoms with E-state index in [2.05, 4.69) is 23.2 Å². The summed E-state index contributed by atoms with van der Waals surface area (Å²) in [5.41, 5.74) is 1.21. The standard InChI is InChI=1S/C8H7N.Cs.H2O/c1-2-4-8-7(3-1)5-6-9-8;;/h1-6,9H;;1H2/q;+1;/p-1. The van der Waals surface area contributed by atoms with Gasteiger partial charge in [-0.3, -0.25) is 0 Å². The maximum absolute atomic E-state index is 3.12. The summed E-state index contributed by atoms with van der Waals surface area (Å²) in [5.74, 6) is 0. The van der Waals surface area contributed by atoms with Gasteiger partial charge in [0.1, 0.15) is 0 Å². The zero-order valence-corrected chi connectivity index (χ0v) is 12.7. The Morgan fingerprint density at radius 2 is 1.73 bits per heavy atom. The third kappa shape index (κ3) is 2.62. The minimum Gasteiger partial charge on any atom is -0.870 e. The fourth-order valence-corrected chi connectivity index (χ4v) is 0.995. The molecule has 2 nitrogen and oxygen atoms in total. The number of hydrogen-bond acceptors (Lipinski definition) is 1. The molecule has 52 valence electrons.